The second-order valence-electron chi connectivity index (χ2n) is 9.60. The molecule has 0 radical (unpaired) electrons. The molecule has 180 valence electrons. The summed E-state index contributed by atoms with van der Waals surface area (Å²) in [4.78, 5) is 21.5. The molecule has 0 spiro atoms. The number of hydrogen-bond donors (Lipinski definition) is 2. The number of aliphatic hydroxyl groups is 1. The van der Waals surface area contributed by atoms with E-state index in [0.29, 0.717) is 37.7 Å². The Morgan fingerprint density at radius 1 is 1.09 bits per heavy atom. The summed E-state index contributed by atoms with van der Waals surface area (Å²) in [5, 5.41) is 14.9. The van der Waals surface area contributed by atoms with Gasteiger partial charge >= 0.3 is 0 Å². The van der Waals surface area contributed by atoms with E-state index in [4.69, 9.17) is 0 Å². The van der Waals surface area contributed by atoms with Crippen molar-refractivity contribution in [2.45, 2.75) is 45.1 Å². The van der Waals surface area contributed by atoms with Crippen LogP contribution < -0.4 is 15.1 Å². The number of nitrogens with zero attached hydrogens (tertiary/aromatic N) is 6. The van der Waals surface area contributed by atoms with Gasteiger partial charge in [0.1, 0.15) is 17.5 Å². The van der Waals surface area contributed by atoms with Crippen molar-refractivity contribution >= 4 is 34.2 Å². The van der Waals surface area contributed by atoms with Gasteiger partial charge in [-0.1, -0.05) is 20.8 Å². The van der Waals surface area contributed by atoms with Crippen LogP contribution in [0.2, 0.25) is 0 Å². The molecule has 0 amide bonds. The first-order valence-corrected chi connectivity index (χ1v) is 11.7. The summed E-state index contributed by atoms with van der Waals surface area (Å²) in [6.07, 6.45) is 5.30. The molecular weight excluding hydrogens is 440 g/mol. The fourth-order valence-corrected chi connectivity index (χ4v) is 4.47. The van der Waals surface area contributed by atoms with E-state index in [1.807, 2.05) is 17.2 Å². The van der Waals surface area contributed by atoms with Crippen molar-refractivity contribution in [3.05, 3.63) is 36.3 Å². The van der Waals surface area contributed by atoms with Crippen LogP contribution in [0.1, 0.15) is 38.7 Å². The maximum Gasteiger partial charge on any atom is 0.267 e. The van der Waals surface area contributed by atoms with E-state index in [1.165, 1.54) is 4.90 Å². The van der Waals surface area contributed by atoms with Gasteiger partial charge in [-0.05, 0) is 35.4 Å². The van der Waals surface area contributed by atoms with Gasteiger partial charge in [-0.15, -0.1) is 0 Å². The first-order chi connectivity index (χ1) is 16.2. The van der Waals surface area contributed by atoms with Gasteiger partial charge in [0.15, 0.2) is 0 Å². The van der Waals surface area contributed by atoms with Crippen LogP contribution in [0.25, 0.3) is 10.8 Å². The monoisotopic (exact) mass is 469 g/mol. The van der Waals surface area contributed by atoms with Gasteiger partial charge in [0, 0.05) is 49.5 Å². The Morgan fingerprint density at radius 3 is 2.59 bits per heavy atom. The van der Waals surface area contributed by atoms with Gasteiger partial charge in [0.05, 0.1) is 12.6 Å². The number of alkyl halides is 2. The Hall–Kier alpha value is -3.14. The van der Waals surface area contributed by atoms with Gasteiger partial charge in [-0.2, -0.15) is 4.98 Å². The fourth-order valence-electron chi connectivity index (χ4n) is 4.47. The molecular formula is C24H29F2N7O. The molecule has 0 aromatic carbocycles. The normalized spacial score (nSPS) is 20.6. The van der Waals surface area contributed by atoms with Crippen LogP contribution in [0.5, 0.6) is 0 Å². The Balaban J connectivity index is 1.43. The van der Waals surface area contributed by atoms with Crippen molar-refractivity contribution in [3.63, 3.8) is 0 Å². The molecule has 34 heavy (non-hydrogen) atoms. The molecule has 0 bridgehead atoms. The lowest BCUT2D eigenvalue weighted by Gasteiger charge is -2.37. The van der Waals surface area contributed by atoms with Gasteiger partial charge in [0.2, 0.25) is 5.95 Å². The molecule has 2 aliphatic rings. The van der Waals surface area contributed by atoms with E-state index in [-0.39, 0.29) is 24.5 Å². The molecule has 0 saturated carbocycles. The van der Waals surface area contributed by atoms with Gasteiger partial charge in [-0.25, -0.2) is 23.7 Å². The highest BCUT2D eigenvalue weighted by Crippen LogP contribution is 2.35. The van der Waals surface area contributed by atoms with Crippen molar-refractivity contribution in [1.82, 2.24) is 19.9 Å². The fraction of sp³-hybridized carbons (Fsp3) is 0.500. The molecule has 2 N–H and O–H groups in total. The molecule has 2 saturated heterocycles. The number of anilines is 4. The molecule has 2 fully saturated rings. The quantitative estimate of drug-likeness (QED) is 0.581. The van der Waals surface area contributed by atoms with Gasteiger partial charge < -0.3 is 20.2 Å². The van der Waals surface area contributed by atoms with Crippen LogP contribution in [-0.4, -0.2) is 63.2 Å². The summed E-state index contributed by atoms with van der Waals surface area (Å²) in [6.45, 7) is 7.03. The number of pyridine rings is 2. The average molecular weight is 470 g/mol. The smallest absolute Gasteiger partial charge is 0.267 e. The maximum atomic E-state index is 14.2. The zero-order valence-electron chi connectivity index (χ0n) is 19.5. The standard InChI is InChI=1S/C24H29F2N7O/c1-14(2)18-9-29-22(33-11-16(34)12-33)19-10-28-21(8-17(18)19)30-20-4-6-27-23(31-20)32-7-5-15(3)24(25,26)13-32/h4,6,8-10,14-16,34H,5,7,11-13H2,1-3H3,(H,27,28,30,31). The third kappa shape index (κ3) is 4.22. The van der Waals surface area contributed by atoms with Crippen LogP contribution in [0.4, 0.5) is 32.2 Å². The minimum Gasteiger partial charge on any atom is -0.389 e. The Kier molecular flexibility index (Phi) is 5.71. The van der Waals surface area contributed by atoms with E-state index < -0.39 is 11.8 Å². The predicted molar refractivity (Wildman–Crippen MR) is 128 cm³/mol. The van der Waals surface area contributed by atoms with Crippen molar-refractivity contribution in [2.75, 3.05) is 41.3 Å². The maximum absolute atomic E-state index is 14.2. The summed E-state index contributed by atoms with van der Waals surface area (Å²) in [7, 11) is 0. The van der Waals surface area contributed by atoms with Crippen LogP contribution >= 0.6 is 0 Å². The lowest BCUT2D eigenvalue weighted by atomic mass is 9.95. The second-order valence-corrected chi connectivity index (χ2v) is 9.60. The zero-order valence-corrected chi connectivity index (χ0v) is 19.5. The molecule has 3 aromatic rings. The highest BCUT2D eigenvalue weighted by molar-refractivity contribution is 5.96. The second kappa shape index (κ2) is 8.57. The number of β-amino-alcohol motifs (C(OH)–C–C–N with tert-alkyl or cyclic N) is 1. The number of rotatable bonds is 5. The van der Waals surface area contributed by atoms with Crippen molar-refractivity contribution in [3.8, 4) is 0 Å². The molecule has 3 aromatic heterocycles. The highest BCUT2D eigenvalue weighted by atomic mass is 19.3. The van der Waals surface area contributed by atoms with E-state index in [1.54, 1.807) is 25.4 Å². The summed E-state index contributed by atoms with van der Waals surface area (Å²) >= 11 is 0. The molecule has 1 atom stereocenters. The lowest BCUT2D eigenvalue weighted by Crippen LogP contribution is -2.51. The highest BCUT2D eigenvalue weighted by Gasteiger charge is 2.42. The van der Waals surface area contributed by atoms with Crippen molar-refractivity contribution in [2.24, 2.45) is 5.92 Å². The topological polar surface area (TPSA) is 90.3 Å². The van der Waals surface area contributed by atoms with Gasteiger partial charge in [-0.3, -0.25) is 0 Å². The van der Waals surface area contributed by atoms with E-state index in [9.17, 15) is 13.9 Å². The molecule has 10 heteroatoms. The summed E-state index contributed by atoms with van der Waals surface area (Å²) < 4.78 is 28.5. The molecule has 8 nitrogen and oxygen atoms in total. The SMILES string of the molecule is CC(C)c1cnc(N2CC(O)C2)c2cnc(Nc3ccnc(N4CCC(C)C(F)(F)C4)n3)cc12. The molecule has 2 aliphatic heterocycles. The number of fused-ring (bicyclic) bond motifs is 1. The summed E-state index contributed by atoms with van der Waals surface area (Å²) in [6, 6.07) is 3.66. The summed E-state index contributed by atoms with van der Waals surface area (Å²) in [5.74, 6) is -0.981. The lowest BCUT2D eigenvalue weighted by molar-refractivity contribution is -0.0575. The van der Waals surface area contributed by atoms with E-state index in [2.05, 4.69) is 39.1 Å². The third-order valence-corrected chi connectivity index (χ3v) is 6.70. The number of hydrogen-bond acceptors (Lipinski definition) is 8. The number of piperidine rings is 1. The number of aliphatic hydroxyl groups excluding tert-OH is 1. The zero-order chi connectivity index (χ0) is 24.0. The minimum atomic E-state index is -2.77. The molecule has 1 unspecified atom stereocenters. The van der Waals surface area contributed by atoms with E-state index in [0.717, 1.165) is 22.2 Å². The Morgan fingerprint density at radius 2 is 1.88 bits per heavy atom. The van der Waals surface area contributed by atoms with Crippen LogP contribution in [0, 0.1) is 5.92 Å². The first-order valence-electron chi connectivity index (χ1n) is 11.7. The number of halogens is 2. The predicted octanol–water partition coefficient (Wildman–Crippen LogP) is 3.95. The molecule has 0 aliphatic carbocycles. The third-order valence-electron chi connectivity index (χ3n) is 6.70. The van der Waals surface area contributed by atoms with Crippen LogP contribution in [0.3, 0.4) is 0 Å². The molecule has 5 rings (SSSR count). The first kappa shape index (κ1) is 22.6. The van der Waals surface area contributed by atoms with Crippen LogP contribution in [-0.2, 0) is 0 Å². The minimum absolute atomic E-state index is 0.259. The summed E-state index contributed by atoms with van der Waals surface area (Å²) in [5.41, 5.74) is 1.10. The number of aromatic nitrogens is 4. The molecule has 5 heterocycles. The average Bonchev–Trinajstić information content (AvgIpc) is 2.78. The van der Waals surface area contributed by atoms with Crippen molar-refractivity contribution in [1.29, 1.82) is 0 Å². The largest absolute Gasteiger partial charge is 0.389 e. The van der Waals surface area contributed by atoms with Gasteiger partial charge in [0.25, 0.3) is 5.92 Å². The van der Waals surface area contributed by atoms with Crippen LogP contribution in [0.15, 0.2) is 30.7 Å². The van der Waals surface area contributed by atoms with E-state index >= 15 is 0 Å². The Bertz CT molecular complexity index is 1200. The number of nitrogens with one attached hydrogen (secondary N) is 1. The van der Waals surface area contributed by atoms with Crippen molar-refractivity contribution < 1.29 is 13.9 Å². The Labute approximate surface area is 197 Å².